The highest BCUT2D eigenvalue weighted by Gasteiger charge is 2.31. The Kier molecular flexibility index (Phi) is 7.32. The molecule has 2 aromatic heterocycles. The molecule has 0 aliphatic carbocycles. The van der Waals surface area contributed by atoms with Crippen molar-refractivity contribution in [3.8, 4) is 5.88 Å². The molecule has 12 heteroatoms. The lowest BCUT2D eigenvalue weighted by molar-refractivity contribution is -0.386. The SMILES string of the molecule is Cc1c([N+](=O)[O-])c(OCCC(C)Nc2nc(Cl)ncc2Cl)nn1C1CCOC(C)C1. The first-order valence-corrected chi connectivity index (χ1v) is 10.4. The number of aromatic nitrogens is 4. The number of nitro groups is 1. The van der Waals surface area contributed by atoms with Gasteiger partial charge in [-0.1, -0.05) is 11.6 Å². The number of rotatable bonds is 8. The zero-order valence-corrected chi connectivity index (χ0v) is 18.5. The molecule has 0 radical (unpaired) electrons. The van der Waals surface area contributed by atoms with Crippen molar-refractivity contribution in [3.63, 3.8) is 0 Å². The Morgan fingerprint density at radius 1 is 1.50 bits per heavy atom. The molecule has 0 bridgehead atoms. The Morgan fingerprint density at radius 3 is 2.97 bits per heavy atom. The van der Waals surface area contributed by atoms with Crippen molar-refractivity contribution in [3.05, 3.63) is 32.3 Å². The van der Waals surface area contributed by atoms with Crippen molar-refractivity contribution in [2.45, 2.75) is 58.2 Å². The molecule has 3 rings (SSSR count). The Morgan fingerprint density at radius 2 is 2.27 bits per heavy atom. The summed E-state index contributed by atoms with van der Waals surface area (Å²) in [5.74, 6) is 0.455. The van der Waals surface area contributed by atoms with Gasteiger partial charge in [0.2, 0.25) is 5.28 Å². The summed E-state index contributed by atoms with van der Waals surface area (Å²) in [6.45, 7) is 6.43. The summed E-state index contributed by atoms with van der Waals surface area (Å²) in [6.07, 6.45) is 3.55. The Balaban J connectivity index is 1.65. The van der Waals surface area contributed by atoms with E-state index in [1.54, 1.807) is 11.6 Å². The van der Waals surface area contributed by atoms with E-state index < -0.39 is 4.92 Å². The molecule has 1 aliphatic rings. The van der Waals surface area contributed by atoms with Gasteiger partial charge in [-0.3, -0.25) is 14.8 Å². The molecular weight excluding hydrogens is 435 g/mol. The monoisotopic (exact) mass is 458 g/mol. The zero-order valence-electron chi connectivity index (χ0n) is 17.0. The normalized spacial score (nSPS) is 20.0. The van der Waals surface area contributed by atoms with Crippen molar-refractivity contribution >= 4 is 34.7 Å². The number of halogens is 2. The van der Waals surface area contributed by atoms with Gasteiger partial charge < -0.3 is 14.8 Å². The minimum atomic E-state index is -0.443. The second-order valence-corrected chi connectivity index (χ2v) is 8.06. The predicted molar refractivity (Wildman–Crippen MR) is 113 cm³/mol. The molecule has 1 fully saturated rings. The third kappa shape index (κ3) is 5.30. The highest BCUT2D eigenvalue weighted by molar-refractivity contribution is 6.33. The lowest BCUT2D eigenvalue weighted by atomic mass is 10.0. The predicted octanol–water partition coefficient (Wildman–Crippen LogP) is 4.21. The van der Waals surface area contributed by atoms with E-state index in [-0.39, 0.29) is 41.6 Å². The number of nitrogens with zero attached hydrogens (tertiary/aromatic N) is 5. The van der Waals surface area contributed by atoms with E-state index in [1.165, 1.54) is 6.20 Å². The Bertz CT molecular complexity index is 909. The summed E-state index contributed by atoms with van der Waals surface area (Å²) in [7, 11) is 0. The molecule has 1 N–H and O–H groups in total. The van der Waals surface area contributed by atoms with Crippen LogP contribution in [-0.4, -0.2) is 50.0 Å². The van der Waals surface area contributed by atoms with Crippen LogP contribution in [0, 0.1) is 17.0 Å². The van der Waals surface area contributed by atoms with Gasteiger partial charge in [-0.05, 0) is 45.2 Å². The van der Waals surface area contributed by atoms with E-state index in [0.29, 0.717) is 29.6 Å². The van der Waals surface area contributed by atoms with Gasteiger partial charge in [0.1, 0.15) is 16.5 Å². The van der Waals surface area contributed by atoms with E-state index in [2.05, 4.69) is 20.4 Å². The summed E-state index contributed by atoms with van der Waals surface area (Å²) in [5.41, 5.74) is 0.392. The first-order valence-electron chi connectivity index (χ1n) is 9.68. The number of anilines is 1. The van der Waals surface area contributed by atoms with Gasteiger partial charge in [0, 0.05) is 19.1 Å². The van der Waals surface area contributed by atoms with Crippen molar-refractivity contribution in [1.82, 2.24) is 19.7 Å². The van der Waals surface area contributed by atoms with Gasteiger partial charge in [-0.25, -0.2) is 4.98 Å². The van der Waals surface area contributed by atoms with Crippen LogP contribution >= 0.6 is 23.2 Å². The van der Waals surface area contributed by atoms with Gasteiger partial charge in [0.05, 0.1) is 29.9 Å². The van der Waals surface area contributed by atoms with E-state index in [9.17, 15) is 10.1 Å². The van der Waals surface area contributed by atoms with E-state index in [1.807, 2.05) is 13.8 Å². The maximum absolute atomic E-state index is 11.6. The quantitative estimate of drug-likeness (QED) is 0.355. The van der Waals surface area contributed by atoms with E-state index >= 15 is 0 Å². The maximum atomic E-state index is 11.6. The highest BCUT2D eigenvalue weighted by atomic mass is 35.5. The van der Waals surface area contributed by atoms with Gasteiger partial charge in [-0.2, -0.15) is 4.98 Å². The molecule has 0 saturated carbocycles. The van der Waals surface area contributed by atoms with Crippen molar-refractivity contribution in [1.29, 1.82) is 0 Å². The fourth-order valence-corrected chi connectivity index (χ4v) is 3.71. The minimum absolute atomic E-state index is 0.0342. The van der Waals surface area contributed by atoms with Crippen LogP contribution in [0.1, 0.15) is 44.8 Å². The first kappa shape index (κ1) is 22.5. The smallest absolute Gasteiger partial charge is 0.352 e. The second-order valence-electron chi connectivity index (χ2n) is 7.32. The van der Waals surface area contributed by atoms with E-state index in [4.69, 9.17) is 32.7 Å². The Hall–Kier alpha value is -2.17. The molecular formula is C18H24Cl2N6O4. The minimum Gasteiger partial charge on any atom is -0.472 e. The molecule has 0 amide bonds. The molecule has 2 aromatic rings. The fraction of sp³-hybridized carbons (Fsp3) is 0.611. The van der Waals surface area contributed by atoms with Crippen LogP contribution < -0.4 is 10.1 Å². The molecule has 1 aliphatic heterocycles. The van der Waals surface area contributed by atoms with Crippen LogP contribution in [0.4, 0.5) is 11.5 Å². The van der Waals surface area contributed by atoms with Crippen LogP contribution in [0.25, 0.3) is 0 Å². The van der Waals surface area contributed by atoms with Gasteiger partial charge in [0.25, 0.3) is 0 Å². The number of ether oxygens (including phenoxy) is 2. The number of nitrogens with one attached hydrogen (secondary N) is 1. The van der Waals surface area contributed by atoms with Crippen LogP contribution in [0.5, 0.6) is 5.88 Å². The highest BCUT2D eigenvalue weighted by Crippen LogP contribution is 2.35. The summed E-state index contributed by atoms with van der Waals surface area (Å²) in [5, 5.41) is 19.6. The summed E-state index contributed by atoms with van der Waals surface area (Å²) in [4.78, 5) is 19.0. The molecule has 3 unspecified atom stereocenters. The van der Waals surface area contributed by atoms with Gasteiger partial charge in [0.15, 0.2) is 0 Å². The van der Waals surface area contributed by atoms with Crippen LogP contribution in [0.2, 0.25) is 10.3 Å². The van der Waals surface area contributed by atoms with Crippen LogP contribution in [0.15, 0.2) is 6.20 Å². The summed E-state index contributed by atoms with van der Waals surface area (Å²) >= 11 is 11.9. The summed E-state index contributed by atoms with van der Waals surface area (Å²) in [6, 6.07) is -0.0258. The molecule has 164 valence electrons. The van der Waals surface area contributed by atoms with Crippen molar-refractivity contribution in [2.75, 3.05) is 18.5 Å². The topological polar surface area (TPSA) is 117 Å². The molecule has 0 aromatic carbocycles. The third-order valence-electron chi connectivity index (χ3n) is 4.96. The van der Waals surface area contributed by atoms with Crippen molar-refractivity contribution < 1.29 is 14.4 Å². The van der Waals surface area contributed by atoms with Gasteiger partial charge in [-0.15, -0.1) is 5.10 Å². The van der Waals surface area contributed by atoms with Crippen LogP contribution in [0.3, 0.4) is 0 Å². The number of hydrogen-bond donors (Lipinski definition) is 1. The zero-order chi connectivity index (χ0) is 21.8. The van der Waals surface area contributed by atoms with E-state index in [0.717, 1.165) is 12.8 Å². The molecule has 30 heavy (non-hydrogen) atoms. The fourth-order valence-electron chi connectivity index (χ4n) is 3.43. The average Bonchev–Trinajstić information content (AvgIpc) is 3.01. The molecule has 0 spiro atoms. The summed E-state index contributed by atoms with van der Waals surface area (Å²) < 4.78 is 13.0. The molecule has 3 heterocycles. The first-order chi connectivity index (χ1) is 14.3. The lowest BCUT2D eigenvalue weighted by Gasteiger charge is -2.27. The third-order valence-corrected chi connectivity index (χ3v) is 5.42. The standard InChI is InChI=1S/C18H24Cl2N6O4/c1-10(22-16-14(19)9-21-18(20)23-16)4-6-30-17-15(26(27)28)12(3)25(24-17)13-5-7-29-11(2)8-13/h9-11,13H,4-8H2,1-3H3,(H,21,22,23). The van der Waals surface area contributed by atoms with Crippen molar-refractivity contribution in [2.24, 2.45) is 0 Å². The second kappa shape index (κ2) is 9.76. The molecule has 1 saturated heterocycles. The average molecular weight is 459 g/mol. The lowest BCUT2D eigenvalue weighted by Crippen LogP contribution is -2.26. The van der Waals surface area contributed by atoms with Crippen LogP contribution in [-0.2, 0) is 4.74 Å². The Labute approximate surface area is 184 Å². The number of hydrogen-bond acceptors (Lipinski definition) is 8. The largest absolute Gasteiger partial charge is 0.472 e. The maximum Gasteiger partial charge on any atom is 0.352 e. The van der Waals surface area contributed by atoms with Gasteiger partial charge >= 0.3 is 11.6 Å². The molecule has 3 atom stereocenters. The molecule has 10 nitrogen and oxygen atoms in total.